The van der Waals surface area contributed by atoms with E-state index in [9.17, 15) is 5.11 Å². The maximum absolute atomic E-state index is 9.99. The van der Waals surface area contributed by atoms with E-state index in [-0.39, 0.29) is 0 Å². The molecule has 96 valence electrons. The van der Waals surface area contributed by atoms with Gasteiger partial charge < -0.3 is 10.4 Å². The van der Waals surface area contributed by atoms with Crippen LogP contribution in [0.1, 0.15) is 23.1 Å². The van der Waals surface area contributed by atoms with Crippen LogP contribution in [0.25, 0.3) is 0 Å². The van der Waals surface area contributed by atoms with Gasteiger partial charge in [0, 0.05) is 12.2 Å². The molecule has 1 aromatic heterocycles. The van der Waals surface area contributed by atoms with E-state index in [0.29, 0.717) is 23.9 Å². The van der Waals surface area contributed by atoms with Crippen molar-refractivity contribution in [3.05, 3.63) is 53.3 Å². The minimum atomic E-state index is -0.643. The van der Waals surface area contributed by atoms with Crippen molar-refractivity contribution in [3.63, 3.8) is 0 Å². The van der Waals surface area contributed by atoms with Gasteiger partial charge in [-0.25, -0.2) is 9.97 Å². The highest BCUT2D eigenvalue weighted by Crippen LogP contribution is 2.12. The zero-order chi connectivity index (χ0) is 13.7. The fourth-order valence-corrected chi connectivity index (χ4v) is 1.69. The Balaban J connectivity index is 2.03. The third-order valence-corrected chi connectivity index (χ3v) is 2.61. The molecule has 0 aliphatic carbocycles. The molecule has 0 bridgehead atoms. The smallest absolute Gasteiger partial charge is 0.224 e. The lowest BCUT2D eigenvalue weighted by Crippen LogP contribution is -2.14. The molecule has 0 saturated carbocycles. The van der Waals surface area contributed by atoms with Crippen LogP contribution in [0.2, 0.25) is 0 Å². The van der Waals surface area contributed by atoms with Crippen molar-refractivity contribution in [2.24, 2.45) is 0 Å². The van der Waals surface area contributed by atoms with E-state index in [1.807, 2.05) is 36.4 Å². The number of rotatable bonds is 4. The van der Waals surface area contributed by atoms with Crippen LogP contribution in [0, 0.1) is 18.3 Å². The van der Waals surface area contributed by atoms with Crippen molar-refractivity contribution >= 4 is 5.95 Å². The predicted molar refractivity (Wildman–Crippen MR) is 71.4 cm³/mol. The third-order valence-electron chi connectivity index (χ3n) is 2.61. The van der Waals surface area contributed by atoms with Gasteiger partial charge in [-0.2, -0.15) is 5.26 Å². The summed E-state index contributed by atoms with van der Waals surface area (Å²) in [4.78, 5) is 8.19. The lowest BCUT2D eigenvalue weighted by atomic mass is 10.1. The van der Waals surface area contributed by atoms with Gasteiger partial charge in [-0.1, -0.05) is 30.3 Å². The highest BCUT2D eigenvalue weighted by atomic mass is 16.3. The predicted octanol–water partition coefficient (Wildman–Crippen LogP) is 1.80. The van der Waals surface area contributed by atoms with Crippen LogP contribution in [-0.2, 0) is 0 Å². The number of anilines is 1. The first-order valence-corrected chi connectivity index (χ1v) is 5.91. The summed E-state index contributed by atoms with van der Waals surface area (Å²) in [6.07, 6.45) is -0.643. The molecular weight excluding hydrogens is 240 g/mol. The molecule has 0 radical (unpaired) electrons. The first-order valence-electron chi connectivity index (χ1n) is 5.91. The zero-order valence-corrected chi connectivity index (χ0v) is 10.5. The molecule has 0 aliphatic heterocycles. The largest absolute Gasteiger partial charge is 0.387 e. The number of benzene rings is 1. The molecule has 1 heterocycles. The van der Waals surface area contributed by atoms with E-state index in [1.165, 1.54) is 0 Å². The molecule has 0 aliphatic rings. The molecule has 0 spiro atoms. The molecule has 1 aromatic carbocycles. The highest BCUT2D eigenvalue weighted by Gasteiger charge is 2.08. The quantitative estimate of drug-likeness (QED) is 0.869. The number of hydrogen-bond acceptors (Lipinski definition) is 5. The number of aromatic nitrogens is 2. The number of nitriles is 1. The fourth-order valence-electron chi connectivity index (χ4n) is 1.69. The Labute approximate surface area is 111 Å². The fraction of sp³-hybridized carbons (Fsp3) is 0.214. The van der Waals surface area contributed by atoms with Gasteiger partial charge in [0.05, 0.1) is 6.10 Å². The van der Waals surface area contributed by atoms with Crippen LogP contribution in [0.5, 0.6) is 0 Å². The summed E-state index contributed by atoms with van der Waals surface area (Å²) in [6, 6.07) is 12.9. The van der Waals surface area contributed by atoms with E-state index in [2.05, 4.69) is 15.3 Å². The molecule has 2 aromatic rings. The maximum atomic E-state index is 9.99. The number of aliphatic hydroxyl groups is 1. The molecule has 1 unspecified atom stereocenters. The second-order valence-electron chi connectivity index (χ2n) is 4.14. The van der Waals surface area contributed by atoms with Crippen molar-refractivity contribution in [2.45, 2.75) is 13.0 Å². The van der Waals surface area contributed by atoms with Gasteiger partial charge >= 0.3 is 0 Å². The van der Waals surface area contributed by atoms with Crippen molar-refractivity contribution in [1.82, 2.24) is 9.97 Å². The molecule has 1 atom stereocenters. The minimum Gasteiger partial charge on any atom is -0.387 e. The lowest BCUT2D eigenvalue weighted by Gasteiger charge is -2.12. The van der Waals surface area contributed by atoms with Crippen LogP contribution < -0.4 is 5.32 Å². The Hall–Kier alpha value is -2.45. The summed E-state index contributed by atoms with van der Waals surface area (Å²) in [5.74, 6) is 0.353. The van der Waals surface area contributed by atoms with E-state index in [4.69, 9.17) is 5.26 Å². The molecule has 0 fully saturated rings. The molecule has 5 heteroatoms. The first kappa shape index (κ1) is 13.0. The number of nitrogens with one attached hydrogen (secondary N) is 1. The topological polar surface area (TPSA) is 81.8 Å². The average molecular weight is 254 g/mol. The zero-order valence-electron chi connectivity index (χ0n) is 10.5. The average Bonchev–Trinajstić information content (AvgIpc) is 2.45. The summed E-state index contributed by atoms with van der Waals surface area (Å²) in [7, 11) is 0. The van der Waals surface area contributed by atoms with Crippen molar-refractivity contribution in [3.8, 4) is 6.07 Å². The van der Waals surface area contributed by atoms with Gasteiger partial charge in [-0.3, -0.25) is 0 Å². The highest BCUT2D eigenvalue weighted by molar-refractivity contribution is 5.33. The number of aryl methyl sites for hydroxylation is 1. The van der Waals surface area contributed by atoms with Crippen LogP contribution in [0.4, 0.5) is 5.95 Å². The number of aliphatic hydroxyl groups excluding tert-OH is 1. The Morgan fingerprint density at radius 1 is 1.32 bits per heavy atom. The monoisotopic (exact) mass is 254 g/mol. The SMILES string of the molecule is Cc1cc(C#N)nc(NCC(O)c2ccccc2)n1. The number of nitrogens with zero attached hydrogens (tertiary/aromatic N) is 3. The van der Waals surface area contributed by atoms with Gasteiger partial charge in [0.15, 0.2) is 0 Å². The normalized spacial score (nSPS) is 11.6. The Morgan fingerprint density at radius 2 is 2.05 bits per heavy atom. The molecule has 2 rings (SSSR count). The summed E-state index contributed by atoms with van der Waals surface area (Å²) in [6.45, 7) is 2.08. The molecule has 5 nitrogen and oxygen atoms in total. The molecule has 0 saturated heterocycles. The van der Waals surface area contributed by atoms with Gasteiger partial charge in [0.25, 0.3) is 0 Å². The Bertz CT molecular complexity index is 592. The van der Waals surface area contributed by atoms with Gasteiger partial charge in [0.1, 0.15) is 11.8 Å². The van der Waals surface area contributed by atoms with E-state index in [1.54, 1.807) is 13.0 Å². The van der Waals surface area contributed by atoms with E-state index < -0.39 is 6.10 Å². The summed E-state index contributed by atoms with van der Waals surface area (Å²) in [5.41, 5.74) is 1.84. The Kier molecular flexibility index (Phi) is 4.06. The van der Waals surface area contributed by atoms with E-state index >= 15 is 0 Å². The second kappa shape index (κ2) is 5.94. The summed E-state index contributed by atoms with van der Waals surface area (Å²) in [5, 5.41) is 21.8. The maximum Gasteiger partial charge on any atom is 0.224 e. The van der Waals surface area contributed by atoms with Crippen LogP contribution in [0.15, 0.2) is 36.4 Å². The van der Waals surface area contributed by atoms with Crippen LogP contribution in [0.3, 0.4) is 0 Å². The summed E-state index contributed by atoms with van der Waals surface area (Å²) >= 11 is 0. The van der Waals surface area contributed by atoms with Gasteiger partial charge in [0.2, 0.25) is 5.95 Å². The standard InChI is InChI=1S/C14H14N4O/c1-10-7-12(8-15)18-14(17-10)16-9-13(19)11-5-3-2-4-6-11/h2-7,13,19H,9H2,1H3,(H,16,17,18). The van der Waals surface area contributed by atoms with Crippen LogP contribution in [-0.4, -0.2) is 21.6 Å². The lowest BCUT2D eigenvalue weighted by molar-refractivity contribution is 0.191. The Morgan fingerprint density at radius 3 is 2.74 bits per heavy atom. The molecule has 0 amide bonds. The van der Waals surface area contributed by atoms with Crippen molar-refractivity contribution < 1.29 is 5.11 Å². The second-order valence-corrected chi connectivity index (χ2v) is 4.14. The minimum absolute atomic E-state index is 0.290. The summed E-state index contributed by atoms with van der Waals surface area (Å²) < 4.78 is 0. The number of hydrogen-bond donors (Lipinski definition) is 2. The van der Waals surface area contributed by atoms with Gasteiger partial charge in [-0.15, -0.1) is 0 Å². The van der Waals surface area contributed by atoms with Crippen LogP contribution >= 0.6 is 0 Å². The first-order chi connectivity index (χ1) is 9.19. The molecule has 2 N–H and O–H groups in total. The van der Waals surface area contributed by atoms with Crippen molar-refractivity contribution in [1.29, 1.82) is 5.26 Å². The molecular formula is C14H14N4O. The van der Waals surface area contributed by atoms with Crippen molar-refractivity contribution in [2.75, 3.05) is 11.9 Å². The van der Waals surface area contributed by atoms with Gasteiger partial charge in [-0.05, 0) is 18.6 Å². The molecule has 19 heavy (non-hydrogen) atoms. The third kappa shape index (κ3) is 3.50. The van der Waals surface area contributed by atoms with E-state index in [0.717, 1.165) is 5.56 Å².